The number of H-pyrrole nitrogens is 1. The molecule has 23 heavy (non-hydrogen) atoms. The van der Waals surface area contributed by atoms with Crippen molar-refractivity contribution in [3.8, 4) is 0 Å². The minimum atomic E-state index is -4.47. The molecule has 6 nitrogen and oxygen atoms in total. The van der Waals surface area contributed by atoms with Gasteiger partial charge in [0.25, 0.3) is 0 Å². The molecular formula is C14H10F3N5O. The van der Waals surface area contributed by atoms with Crippen LogP contribution in [-0.2, 0) is 6.18 Å². The van der Waals surface area contributed by atoms with E-state index < -0.39 is 11.7 Å². The zero-order valence-electron chi connectivity index (χ0n) is 11.5. The highest BCUT2D eigenvalue weighted by atomic mass is 19.4. The van der Waals surface area contributed by atoms with Gasteiger partial charge in [-0.25, -0.2) is 15.0 Å². The summed E-state index contributed by atoms with van der Waals surface area (Å²) in [6.45, 7) is 0. The Kier molecular flexibility index (Phi) is 3.70. The van der Waals surface area contributed by atoms with Gasteiger partial charge in [0.15, 0.2) is 11.5 Å². The summed E-state index contributed by atoms with van der Waals surface area (Å²) in [5.74, 6) is -0.0269. The Balaban J connectivity index is 2.08. The maximum Gasteiger partial charge on any atom is 0.416 e. The SMILES string of the molecule is ONC(=Nc1cccc(C(F)(F)F)c1)c1ccnc2nc[nH]c12. The predicted octanol–water partition coefficient (Wildman–Crippen LogP) is 3.03. The topological polar surface area (TPSA) is 86.2 Å². The molecule has 3 rings (SSSR count). The maximum atomic E-state index is 12.7. The number of nitrogens with zero attached hydrogens (tertiary/aromatic N) is 3. The Hall–Kier alpha value is -2.94. The number of benzene rings is 1. The maximum absolute atomic E-state index is 12.7. The Labute approximate surface area is 127 Å². The molecule has 0 spiro atoms. The number of hydrogen-bond donors (Lipinski definition) is 3. The number of aromatic nitrogens is 3. The molecule has 118 valence electrons. The monoisotopic (exact) mass is 321 g/mol. The van der Waals surface area contributed by atoms with Gasteiger partial charge in [0, 0.05) is 11.8 Å². The van der Waals surface area contributed by atoms with Gasteiger partial charge >= 0.3 is 6.18 Å². The Morgan fingerprint density at radius 2 is 2.04 bits per heavy atom. The second-order valence-corrected chi connectivity index (χ2v) is 4.58. The van der Waals surface area contributed by atoms with Crippen molar-refractivity contribution in [2.75, 3.05) is 0 Å². The summed E-state index contributed by atoms with van der Waals surface area (Å²) in [4.78, 5) is 14.9. The van der Waals surface area contributed by atoms with Crippen molar-refractivity contribution in [1.82, 2.24) is 20.4 Å². The van der Waals surface area contributed by atoms with Crippen LogP contribution in [0.1, 0.15) is 11.1 Å². The number of nitrogens with one attached hydrogen (secondary N) is 2. The van der Waals surface area contributed by atoms with Crippen molar-refractivity contribution in [2.45, 2.75) is 6.18 Å². The second kappa shape index (κ2) is 5.69. The quantitative estimate of drug-likeness (QED) is 0.385. The molecule has 3 N–H and O–H groups in total. The summed E-state index contributed by atoms with van der Waals surface area (Å²) >= 11 is 0. The molecule has 0 unspecified atom stereocenters. The zero-order chi connectivity index (χ0) is 16.4. The third-order valence-electron chi connectivity index (χ3n) is 3.10. The van der Waals surface area contributed by atoms with E-state index in [1.807, 2.05) is 5.48 Å². The van der Waals surface area contributed by atoms with Crippen LogP contribution in [0.15, 0.2) is 47.8 Å². The van der Waals surface area contributed by atoms with Crippen molar-refractivity contribution in [2.24, 2.45) is 4.99 Å². The number of hydroxylamine groups is 1. The van der Waals surface area contributed by atoms with Gasteiger partial charge in [0.2, 0.25) is 0 Å². The van der Waals surface area contributed by atoms with Crippen molar-refractivity contribution < 1.29 is 18.4 Å². The van der Waals surface area contributed by atoms with Gasteiger partial charge in [-0.2, -0.15) is 13.2 Å². The van der Waals surface area contributed by atoms with E-state index in [0.29, 0.717) is 16.7 Å². The van der Waals surface area contributed by atoms with Gasteiger partial charge < -0.3 is 4.98 Å². The molecule has 0 fully saturated rings. The molecule has 0 aliphatic rings. The van der Waals surface area contributed by atoms with E-state index in [4.69, 9.17) is 0 Å². The van der Waals surface area contributed by atoms with Crippen LogP contribution in [0, 0.1) is 0 Å². The van der Waals surface area contributed by atoms with Crippen LogP contribution in [0.3, 0.4) is 0 Å². The number of aromatic amines is 1. The number of pyridine rings is 1. The summed E-state index contributed by atoms with van der Waals surface area (Å²) in [5.41, 5.74) is 2.44. The first-order valence-corrected chi connectivity index (χ1v) is 6.43. The third-order valence-corrected chi connectivity index (χ3v) is 3.10. The molecule has 0 saturated heterocycles. The fraction of sp³-hybridized carbons (Fsp3) is 0.0714. The van der Waals surface area contributed by atoms with Gasteiger partial charge in [-0.1, -0.05) is 6.07 Å². The number of amidine groups is 1. The van der Waals surface area contributed by atoms with Crippen LogP contribution >= 0.6 is 0 Å². The number of rotatable bonds is 2. The minimum absolute atomic E-state index is 0.0269. The smallest absolute Gasteiger partial charge is 0.343 e. The van der Waals surface area contributed by atoms with E-state index >= 15 is 0 Å². The number of imidazole rings is 1. The lowest BCUT2D eigenvalue weighted by Gasteiger charge is -2.08. The Morgan fingerprint density at radius 1 is 1.22 bits per heavy atom. The van der Waals surface area contributed by atoms with Crippen LogP contribution in [0.2, 0.25) is 0 Å². The van der Waals surface area contributed by atoms with E-state index in [9.17, 15) is 18.4 Å². The first kappa shape index (κ1) is 15.0. The van der Waals surface area contributed by atoms with E-state index in [1.165, 1.54) is 24.7 Å². The van der Waals surface area contributed by atoms with E-state index in [1.54, 1.807) is 6.07 Å². The van der Waals surface area contributed by atoms with Gasteiger partial charge in [0.1, 0.15) is 0 Å². The molecule has 1 aromatic carbocycles. The van der Waals surface area contributed by atoms with Crippen LogP contribution < -0.4 is 5.48 Å². The first-order chi connectivity index (χ1) is 11.0. The highest BCUT2D eigenvalue weighted by molar-refractivity contribution is 6.07. The fourth-order valence-electron chi connectivity index (χ4n) is 2.07. The molecule has 0 aliphatic heterocycles. The predicted molar refractivity (Wildman–Crippen MR) is 76.5 cm³/mol. The summed E-state index contributed by atoms with van der Waals surface area (Å²) in [6, 6.07) is 6.04. The molecule has 0 amide bonds. The Morgan fingerprint density at radius 3 is 2.78 bits per heavy atom. The standard InChI is InChI=1S/C14H10F3N5O/c15-14(16,17)8-2-1-3-9(6-8)21-12(22-23)10-4-5-18-13-11(10)19-7-20-13/h1-7,23H,(H,21,22)(H,18,19,20). The molecule has 9 heteroatoms. The van der Waals surface area contributed by atoms with Gasteiger partial charge in [-0.3, -0.25) is 10.7 Å². The number of aliphatic imine (C=N–C) groups is 1. The molecule has 2 aromatic heterocycles. The highest BCUT2D eigenvalue weighted by Crippen LogP contribution is 2.31. The lowest BCUT2D eigenvalue weighted by atomic mass is 10.2. The molecule has 2 heterocycles. The van der Waals surface area contributed by atoms with Crippen molar-refractivity contribution in [3.05, 3.63) is 54.0 Å². The first-order valence-electron chi connectivity index (χ1n) is 6.43. The van der Waals surface area contributed by atoms with Crippen LogP contribution in [0.25, 0.3) is 11.2 Å². The summed E-state index contributed by atoms with van der Waals surface area (Å²) in [7, 11) is 0. The number of halogens is 3. The normalized spacial score (nSPS) is 12.6. The molecule has 0 saturated carbocycles. The largest absolute Gasteiger partial charge is 0.416 e. The van der Waals surface area contributed by atoms with Gasteiger partial charge in [-0.15, -0.1) is 0 Å². The molecule has 0 radical (unpaired) electrons. The van der Waals surface area contributed by atoms with E-state index in [2.05, 4.69) is 19.9 Å². The van der Waals surface area contributed by atoms with Crippen molar-refractivity contribution in [1.29, 1.82) is 0 Å². The van der Waals surface area contributed by atoms with Crippen molar-refractivity contribution in [3.63, 3.8) is 0 Å². The number of alkyl halides is 3. The van der Waals surface area contributed by atoms with E-state index in [0.717, 1.165) is 12.1 Å². The van der Waals surface area contributed by atoms with Crippen LogP contribution in [0.5, 0.6) is 0 Å². The lowest BCUT2D eigenvalue weighted by Crippen LogP contribution is -2.20. The summed E-state index contributed by atoms with van der Waals surface area (Å²) in [6.07, 6.45) is -1.59. The van der Waals surface area contributed by atoms with E-state index in [-0.39, 0.29) is 11.5 Å². The molecule has 0 bridgehead atoms. The van der Waals surface area contributed by atoms with Gasteiger partial charge in [-0.05, 0) is 24.3 Å². The third kappa shape index (κ3) is 2.99. The summed E-state index contributed by atoms with van der Waals surface area (Å²) < 4.78 is 38.2. The van der Waals surface area contributed by atoms with Crippen LogP contribution in [-0.4, -0.2) is 26.0 Å². The van der Waals surface area contributed by atoms with Crippen molar-refractivity contribution >= 4 is 22.7 Å². The number of hydrogen-bond acceptors (Lipinski definition) is 4. The number of fused-ring (bicyclic) bond motifs is 1. The van der Waals surface area contributed by atoms with Gasteiger partial charge in [0.05, 0.1) is 23.1 Å². The second-order valence-electron chi connectivity index (χ2n) is 4.58. The summed E-state index contributed by atoms with van der Waals surface area (Å²) in [5, 5.41) is 9.31. The average molecular weight is 321 g/mol. The molecule has 3 aromatic rings. The Bertz CT molecular complexity index is 872. The highest BCUT2D eigenvalue weighted by Gasteiger charge is 2.30. The zero-order valence-corrected chi connectivity index (χ0v) is 11.5. The van der Waals surface area contributed by atoms with Crippen LogP contribution in [0.4, 0.5) is 18.9 Å². The lowest BCUT2D eigenvalue weighted by molar-refractivity contribution is -0.137. The molecule has 0 atom stereocenters. The average Bonchev–Trinajstić information content (AvgIpc) is 3.01. The molecular weight excluding hydrogens is 311 g/mol. The minimum Gasteiger partial charge on any atom is -0.343 e. The fourth-order valence-corrected chi connectivity index (χ4v) is 2.07. The molecule has 0 aliphatic carbocycles.